The summed E-state index contributed by atoms with van der Waals surface area (Å²) in [5.74, 6) is 0. The van der Waals surface area contributed by atoms with Crippen molar-refractivity contribution in [2.75, 3.05) is 40.3 Å². The Kier molecular flexibility index (Phi) is 7.15. The predicted molar refractivity (Wildman–Crippen MR) is 86.7 cm³/mol. The highest BCUT2D eigenvalue weighted by Gasteiger charge is 2.24. The van der Waals surface area contributed by atoms with Crippen LogP contribution in [0.2, 0.25) is 0 Å². The highest BCUT2D eigenvalue weighted by molar-refractivity contribution is 6.02. The number of hydrogen-bond acceptors (Lipinski definition) is 4. The molecule has 0 aromatic rings. The topological polar surface area (TPSA) is 45.1 Å². The summed E-state index contributed by atoms with van der Waals surface area (Å²) in [5, 5.41) is 0. The van der Waals surface area contributed by atoms with Gasteiger partial charge in [0.25, 0.3) is 0 Å². The molecule has 1 heterocycles. The number of nitrogens with zero attached hydrogens (tertiary/aromatic N) is 3. The van der Waals surface area contributed by atoms with E-state index >= 15 is 0 Å². The maximum Gasteiger partial charge on any atom is 0.410 e. The Morgan fingerprint density at radius 1 is 1.52 bits per heavy atom. The smallest absolute Gasteiger partial charge is 0.410 e. The minimum absolute atomic E-state index is 0.242. The van der Waals surface area contributed by atoms with Gasteiger partial charge in [-0.2, -0.15) is 0 Å². The average molecular weight is 293 g/mol. The number of amides is 1. The number of piperidine rings is 1. The zero-order valence-corrected chi connectivity index (χ0v) is 13.7. The number of hydrogen-bond donors (Lipinski definition) is 0. The Morgan fingerprint density at radius 3 is 2.81 bits per heavy atom. The van der Waals surface area contributed by atoms with Gasteiger partial charge in [0.2, 0.25) is 0 Å². The van der Waals surface area contributed by atoms with Gasteiger partial charge in [-0.1, -0.05) is 19.6 Å². The van der Waals surface area contributed by atoms with E-state index < -0.39 is 0 Å². The Balaban J connectivity index is 2.63. The van der Waals surface area contributed by atoms with Crippen molar-refractivity contribution in [3.05, 3.63) is 23.9 Å². The molecule has 21 heavy (non-hydrogen) atoms. The summed E-state index contributed by atoms with van der Waals surface area (Å²) in [5.41, 5.74) is 2.95. The first-order chi connectivity index (χ1) is 9.93. The SMILES string of the molecule is C=C(C)N=C1CCN(C(=O)OCCN(C)C)C/C1=C/CC. The number of carbonyl (C=O) groups is 1. The lowest BCUT2D eigenvalue weighted by Gasteiger charge is -2.29. The molecule has 1 saturated heterocycles. The summed E-state index contributed by atoms with van der Waals surface area (Å²) < 4.78 is 5.30. The number of likely N-dealkylation sites (tertiary alicyclic amines) is 1. The van der Waals surface area contributed by atoms with Crippen molar-refractivity contribution in [3.8, 4) is 0 Å². The molecule has 0 saturated carbocycles. The summed E-state index contributed by atoms with van der Waals surface area (Å²) in [6, 6.07) is 0. The van der Waals surface area contributed by atoms with E-state index in [0.29, 0.717) is 19.7 Å². The largest absolute Gasteiger partial charge is 0.448 e. The lowest BCUT2D eigenvalue weighted by Crippen LogP contribution is -2.41. The number of carbonyl (C=O) groups excluding carboxylic acids is 1. The molecular weight excluding hydrogens is 266 g/mol. The number of likely N-dealkylation sites (N-methyl/N-ethyl adjacent to an activating group) is 1. The molecule has 0 spiro atoms. The van der Waals surface area contributed by atoms with Crippen molar-refractivity contribution < 1.29 is 9.53 Å². The molecule has 118 valence electrons. The van der Waals surface area contributed by atoms with Gasteiger partial charge in [-0.3, -0.25) is 4.99 Å². The number of rotatable bonds is 5. The van der Waals surface area contributed by atoms with E-state index in [2.05, 4.69) is 24.6 Å². The molecule has 1 fully saturated rings. The second kappa shape index (κ2) is 8.62. The quantitative estimate of drug-likeness (QED) is 0.783. The molecule has 0 bridgehead atoms. The maximum absolute atomic E-state index is 12.1. The fraction of sp³-hybridized carbons (Fsp3) is 0.625. The lowest BCUT2D eigenvalue weighted by molar-refractivity contribution is 0.0989. The Morgan fingerprint density at radius 2 is 2.24 bits per heavy atom. The molecule has 1 aliphatic heterocycles. The van der Waals surface area contributed by atoms with Crippen molar-refractivity contribution in [2.45, 2.75) is 26.7 Å². The van der Waals surface area contributed by atoms with Crippen molar-refractivity contribution in [3.63, 3.8) is 0 Å². The van der Waals surface area contributed by atoms with E-state index in [4.69, 9.17) is 4.74 Å². The van der Waals surface area contributed by atoms with Gasteiger partial charge >= 0.3 is 6.09 Å². The highest BCUT2D eigenvalue weighted by atomic mass is 16.6. The fourth-order valence-corrected chi connectivity index (χ4v) is 2.13. The van der Waals surface area contributed by atoms with Crippen LogP contribution in [0.15, 0.2) is 28.9 Å². The normalized spacial score (nSPS) is 19.4. The first-order valence-corrected chi connectivity index (χ1v) is 7.43. The molecule has 1 aliphatic rings. The summed E-state index contributed by atoms with van der Waals surface area (Å²) in [4.78, 5) is 20.3. The summed E-state index contributed by atoms with van der Waals surface area (Å²) in [7, 11) is 3.91. The zero-order chi connectivity index (χ0) is 15.8. The van der Waals surface area contributed by atoms with E-state index in [1.807, 2.05) is 25.9 Å². The first-order valence-electron chi connectivity index (χ1n) is 7.43. The van der Waals surface area contributed by atoms with E-state index in [-0.39, 0.29) is 6.09 Å². The van der Waals surface area contributed by atoms with Gasteiger partial charge in [-0.15, -0.1) is 0 Å². The highest BCUT2D eigenvalue weighted by Crippen LogP contribution is 2.16. The molecule has 5 nitrogen and oxygen atoms in total. The first kappa shape index (κ1) is 17.4. The van der Waals surface area contributed by atoms with Crippen LogP contribution in [0.1, 0.15) is 26.7 Å². The van der Waals surface area contributed by atoms with Crippen LogP contribution in [0.25, 0.3) is 0 Å². The second-order valence-corrected chi connectivity index (χ2v) is 5.52. The van der Waals surface area contributed by atoms with Gasteiger partial charge in [0.15, 0.2) is 0 Å². The minimum Gasteiger partial charge on any atom is -0.448 e. The van der Waals surface area contributed by atoms with Gasteiger partial charge in [0.05, 0.1) is 6.54 Å². The average Bonchev–Trinajstić information content (AvgIpc) is 2.40. The Bertz CT molecular complexity index is 439. The molecule has 0 atom stereocenters. The molecule has 0 N–H and O–H groups in total. The second-order valence-electron chi connectivity index (χ2n) is 5.52. The van der Waals surface area contributed by atoms with Crippen LogP contribution < -0.4 is 0 Å². The molecule has 1 amide bonds. The number of aliphatic imine (C=N–C) groups is 1. The van der Waals surface area contributed by atoms with Crippen molar-refractivity contribution in [1.29, 1.82) is 0 Å². The van der Waals surface area contributed by atoms with Crippen LogP contribution in [0, 0.1) is 0 Å². The Hall–Kier alpha value is -1.62. The third-order valence-corrected chi connectivity index (χ3v) is 3.15. The van der Waals surface area contributed by atoms with Gasteiger partial charge in [0, 0.05) is 30.9 Å². The summed E-state index contributed by atoms with van der Waals surface area (Å²) in [6.45, 7) is 10.2. The molecular formula is C16H27N3O2. The van der Waals surface area contributed by atoms with Crippen LogP contribution >= 0.6 is 0 Å². The van der Waals surface area contributed by atoms with Crippen molar-refractivity contribution in [2.24, 2.45) is 4.99 Å². The molecule has 1 rings (SSSR count). The molecule has 5 heteroatoms. The third-order valence-electron chi connectivity index (χ3n) is 3.15. The molecule has 0 radical (unpaired) electrons. The third kappa shape index (κ3) is 6.12. The van der Waals surface area contributed by atoms with E-state index in [1.54, 1.807) is 4.90 Å². The van der Waals surface area contributed by atoms with E-state index in [1.165, 1.54) is 0 Å². The van der Waals surface area contributed by atoms with Gasteiger partial charge in [-0.05, 0) is 33.0 Å². The number of ether oxygens (including phenoxy) is 1. The summed E-state index contributed by atoms with van der Waals surface area (Å²) >= 11 is 0. The van der Waals surface area contributed by atoms with Gasteiger partial charge < -0.3 is 14.5 Å². The molecule has 0 unspecified atom stereocenters. The van der Waals surface area contributed by atoms with Gasteiger partial charge in [-0.25, -0.2) is 4.79 Å². The Labute approximate surface area is 128 Å². The van der Waals surface area contributed by atoms with Gasteiger partial charge in [0.1, 0.15) is 6.61 Å². The van der Waals surface area contributed by atoms with Crippen LogP contribution in [0.3, 0.4) is 0 Å². The summed E-state index contributed by atoms with van der Waals surface area (Å²) in [6.07, 6.45) is 3.56. The van der Waals surface area contributed by atoms with Crippen LogP contribution in [0.4, 0.5) is 4.79 Å². The van der Waals surface area contributed by atoms with Crippen molar-refractivity contribution in [1.82, 2.24) is 9.80 Å². The maximum atomic E-state index is 12.1. The molecule has 0 aromatic heterocycles. The van der Waals surface area contributed by atoms with Crippen LogP contribution in [-0.4, -0.2) is 61.9 Å². The van der Waals surface area contributed by atoms with E-state index in [9.17, 15) is 4.79 Å². The van der Waals surface area contributed by atoms with Crippen LogP contribution in [0.5, 0.6) is 0 Å². The zero-order valence-electron chi connectivity index (χ0n) is 13.7. The minimum atomic E-state index is -0.242. The van der Waals surface area contributed by atoms with Crippen LogP contribution in [-0.2, 0) is 4.74 Å². The fourth-order valence-electron chi connectivity index (χ4n) is 2.13. The molecule has 0 aromatic carbocycles. The number of allylic oxidation sites excluding steroid dienone is 2. The molecule has 0 aliphatic carbocycles. The van der Waals surface area contributed by atoms with Crippen molar-refractivity contribution >= 4 is 11.8 Å². The predicted octanol–water partition coefficient (Wildman–Crippen LogP) is 2.70. The standard InChI is InChI=1S/C16H27N3O2/c1-6-7-14-12-19(9-8-15(14)17-13(2)3)16(20)21-11-10-18(4)5/h7H,2,6,8-12H2,1,3-5H3/b14-7-,17-15?. The lowest BCUT2D eigenvalue weighted by atomic mass is 10.0. The monoisotopic (exact) mass is 293 g/mol. The van der Waals surface area contributed by atoms with E-state index in [0.717, 1.165) is 36.4 Å².